The minimum Gasteiger partial charge on any atom is -0.391 e. The standard InChI is InChI=1S/C12H17ClFNO/c1-2-6-15-8-9(16)7-10-11(13)4-3-5-12(10)14/h3-5,9,15-16H,2,6-8H2,1H3. The van der Waals surface area contributed by atoms with E-state index < -0.39 is 6.10 Å². The number of aliphatic hydroxyl groups is 1. The van der Waals surface area contributed by atoms with Gasteiger partial charge in [-0.2, -0.15) is 0 Å². The maximum absolute atomic E-state index is 13.4. The van der Waals surface area contributed by atoms with E-state index in [1.54, 1.807) is 12.1 Å². The summed E-state index contributed by atoms with van der Waals surface area (Å²) in [5.41, 5.74) is 0.384. The van der Waals surface area contributed by atoms with Crippen molar-refractivity contribution in [1.82, 2.24) is 5.32 Å². The summed E-state index contributed by atoms with van der Waals surface area (Å²) >= 11 is 5.86. The van der Waals surface area contributed by atoms with Gasteiger partial charge in [-0.05, 0) is 25.1 Å². The topological polar surface area (TPSA) is 32.3 Å². The maximum Gasteiger partial charge on any atom is 0.127 e. The minimum absolute atomic E-state index is 0.238. The Balaban J connectivity index is 2.52. The van der Waals surface area contributed by atoms with Gasteiger partial charge in [0.15, 0.2) is 0 Å². The predicted molar refractivity (Wildman–Crippen MR) is 64.3 cm³/mol. The van der Waals surface area contributed by atoms with E-state index in [9.17, 15) is 9.50 Å². The molecule has 0 saturated heterocycles. The van der Waals surface area contributed by atoms with E-state index in [1.165, 1.54) is 6.07 Å². The van der Waals surface area contributed by atoms with Crippen LogP contribution in [0.4, 0.5) is 4.39 Å². The van der Waals surface area contributed by atoms with Gasteiger partial charge in [0.1, 0.15) is 5.82 Å². The molecule has 0 fully saturated rings. The van der Waals surface area contributed by atoms with Gasteiger partial charge in [-0.15, -0.1) is 0 Å². The van der Waals surface area contributed by atoms with Crippen LogP contribution in [0.5, 0.6) is 0 Å². The number of hydrogen-bond donors (Lipinski definition) is 2. The molecule has 16 heavy (non-hydrogen) atoms. The lowest BCUT2D eigenvalue weighted by atomic mass is 10.1. The number of hydrogen-bond acceptors (Lipinski definition) is 2. The summed E-state index contributed by atoms with van der Waals surface area (Å²) in [4.78, 5) is 0. The van der Waals surface area contributed by atoms with Crippen molar-refractivity contribution in [2.75, 3.05) is 13.1 Å². The second-order valence-electron chi connectivity index (χ2n) is 3.76. The fraction of sp³-hybridized carbons (Fsp3) is 0.500. The molecule has 0 aliphatic rings. The summed E-state index contributed by atoms with van der Waals surface area (Å²) in [6.45, 7) is 3.35. The Labute approximate surface area is 100 Å². The molecule has 2 N–H and O–H groups in total. The third kappa shape index (κ3) is 4.08. The highest BCUT2D eigenvalue weighted by atomic mass is 35.5. The molecule has 1 aromatic rings. The van der Waals surface area contributed by atoms with Crippen LogP contribution in [0.3, 0.4) is 0 Å². The Morgan fingerprint density at radius 3 is 2.88 bits per heavy atom. The summed E-state index contributed by atoms with van der Waals surface area (Å²) in [6, 6.07) is 4.54. The largest absolute Gasteiger partial charge is 0.391 e. The number of rotatable bonds is 6. The lowest BCUT2D eigenvalue weighted by Gasteiger charge is -2.13. The second-order valence-corrected chi connectivity index (χ2v) is 4.17. The zero-order valence-corrected chi connectivity index (χ0v) is 10.1. The average Bonchev–Trinajstić information content (AvgIpc) is 2.24. The van der Waals surface area contributed by atoms with E-state index in [-0.39, 0.29) is 12.2 Å². The van der Waals surface area contributed by atoms with Gasteiger partial charge < -0.3 is 10.4 Å². The smallest absolute Gasteiger partial charge is 0.127 e. The van der Waals surface area contributed by atoms with Crippen molar-refractivity contribution in [2.45, 2.75) is 25.9 Å². The molecular weight excluding hydrogens is 229 g/mol. The normalized spacial score (nSPS) is 12.8. The van der Waals surface area contributed by atoms with Gasteiger partial charge in [-0.25, -0.2) is 4.39 Å². The van der Waals surface area contributed by atoms with Gasteiger partial charge in [0, 0.05) is 23.6 Å². The molecule has 1 atom stereocenters. The van der Waals surface area contributed by atoms with Gasteiger partial charge in [0.2, 0.25) is 0 Å². The fourth-order valence-corrected chi connectivity index (χ4v) is 1.72. The third-order valence-electron chi connectivity index (χ3n) is 2.31. The first-order valence-corrected chi connectivity index (χ1v) is 5.84. The van der Waals surface area contributed by atoms with E-state index in [1.807, 2.05) is 6.92 Å². The molecule has 0 radical (unpaired) electrons. The van der Waals surface area contributed by atoms with Crippen LogP contribution in [0.1, 0.15) is 18.9 Å². The van der Waals surface area contributed by atoms with E-state index in [4.69, 9.17) is 11.6 Å². The van der Waals surface area contributed by atoms with Gasteiger partial charge in [0.25, 0.3) is 0 Å². The van der Waals surface area contributed by atoms with E-state index in [0.29, 0.717) is 17.1 Å². The molecule has 0 aliphatic heterocycles. The van der Waals surface area contributed by atoms with Crippen molar-refractivity contribution in [3.05, 3.63) is 34.6 Å². The number of aliphatic hydroxyl groups excluding tert-OH is 1. The molecule has 0 bridgehead atoms. The molecule has 0 spiro atoms. The van der Waals surface area contributed by atoms with Gasteiger partial charge >= 0.3 is 0 Å². The number of halogens is 2. The Morgan fingerprint density at radius 1 is 1.50 bits per heavy atom. The molecule has 1 aromatic carbocycles. The summed E-state index contributed by atoms with van der Waals surface area (Å²) in [5, 5.41) is 13.1. The summed E-state index contributed by atoms with van der Waals surface area (Å²) in [7, 11) is 0. The lowest BCUT2D eigenvalue weighted by molar-refractivity contribution is 0.171. The van der Waals surface area contributed by atoms with Crippen molar-refractivity contribution >= 4 is 11.6 Å². The zero-order valence-electron chi connectivity index (χ0n) is 9.34. The van der Waals surface area contributed by atoms with Crippen molar-refractivity contribution in [3.8, 4) is 0 Å². The van der Waals surface area contributed by atoms with Gasteiger partial charge in [-0.1, -0.05) is 24.6 Å². The van der Waals surface area contributed by atoms with E-state index in [0.717, 1.165) is 13.0 Å². The SMILES string of the molecule is CCCNCC(O)Cc1c(F)cccc1Cl. The molecule has 90 valence electrons. The van der Waals surface area contributed by atoms with Crippen molar-refractivity contribution in [3.63, 3.8) is 0 Å². The molecule has 4 heteroatoms. The monoisotopic (exact) mass is 245 g/mol. The highest BCUT2D eigenvalue weighted by molar-refractivity contribution is 6.31. The highest BCUT2D eigenvalue weighted by Gasteiger charge is 2.12. The molecule has 0 heterocycles. The molecule has 0 aliphatic carbocycles. The van der Waals surface area contributed by atoms with Crippen molar-refractivity contribution in [2.24, 2.45) is 0 Å². The van der Waals surface area contributed by atoms with Crippen LogP contribution in [0.2, 0.25) is 5.02 Å². The van der Waals surface area contributed by atoms with E-state index >= 15 is 0 Å². The highest BCUT2D eigenvalue weighted by Crippen LogP contribution is 2.20. The lowest BCUT2D eigenvalue weighted by Crippen LogP contribution is -2.29. The Kier molecular flexibility index (Phi) is 5.74. The van der Waals surface area contributed by atoms with Crippen LogP contribution in [-0.4, -0.2) is 24.3 Å². The Bertz CT molecular complexity index is 313. The first kappa shape index (κ1) is 13.4. The molecule has 0 amide bonds. The molecular formula is C12H17ClFNO. The molecule has 0 saturated carbocycles. The maximum atomic E-state index is 13.4. The minimum atomic E-state index is -0.610. The number of benzene rings is 1. The quantitative estimate of drug-likeness (QED) is 0.755. The predicted octanol–water partition coefficient (Wildman–Crippen LogP) is 2.38. The molecule has 0 aromatic heterocycles. The second kappa shape index (κ2) is 6.84. The third-order valence-corrected chi connectivity index (χ3v) is 2.66. The fourth-order valence-electron chi connectivity index (χ4n) is 1.48. The van der Waals surface area contributed by atoms with Crippen LogP contribution in [0, 0.1) is 5.82 Å². The zero-order chi connectivity index (χ0) is 12.0. The first-order chi connectivity index (χ1) is 7.65. The average molecular weight is 246 g/mol. The number of nitrogens with one attached hydrogen (secondary N) is 1. The Hall–Kier alpha value is -0.640. The van der Waals surface area contributed by atoms with Crippen LogP contribution < -0.4 is 5.32 Å². The summed E-state index contributed by atoms with van der Waals surface area (Å²) in [6.07, 6.45) is 0.635. The van der Waals surface area contributed by atoms with E-state index in [2.05, 4.69) is 5.32 Å². The molecule has 2 nitrogen and oxygen atoms in total. The summed E-state index contributed by atoms with van der Waals surface area (Å²) < 4.78 is 13.4. The van der Waals surface area contributed by atoms with Crippen LogP contribution in [0.15, 0.2) is 18.2 Å². The summed E-state index contributed by atoms with van der Waals surface area (Å²) in [5.74, 6) is -0.359. The van der Waals surface area contributed by atoms with Crippen LogP contribution >= 0.6 is 11.6 Å². The van der Waals surface area contributed by atoms with Gasteiger partial charge in [-0.3, -0.25) is 0 Å². The van der Waals surface area contributed by atoms with Gasteiger partial charge in [0.05, 0.1) is 6.10 Å². The first-order valence-electron chi connectivity index (χ1n) is 5.46. The molecule has 1 rings (SSSR count). The Morgan fingerprint density at radius 2 is 2.25 bits per heavy atom. The molecule has 1 unspecified atom stereocenters. The van der Waals surface area contributed by atoms with Crippen molar-refractivity contribution in [1.29, 1.82) is 0 Å². The van der Waals surface area contributed by atoms with Crippen molar-refractivity contribution < 1.29 is 9.50 Å². The van der Waals surface area contributed by atoms with Crippen LogP contribution in [0.25, 0.3) is 0 Å². The van der Waals surface area contributed by atoms with Crippen LogP contribution in [-0.2, 0) is 6.42 Å².